The molecule has 0 saturated carbocycles. The summed E-state index contributed by atoms with van der Waals surface area (Å²) in [7, 11) is 0. The summed E-state index contributed by atoms with van der Waals surface area (Å²) in [5, 5.41) is 13.6. The van der Waals surface area contributed by atoms with E-state index in [-0.39, 0.29) is 5.91 Å². The van der Waals surface area contributed by atoms with Gasteiger partial charge in [-0.1, -0.05) is 6.92 Å². The highest BCUT2D eigenvalue weighted by Gasteiger charge is 2.33. The predicted molar refractivity (Wildman–Crippen MR) is 77.4 cm³/mol. The van der Waals surface area contributed by atoms with Crippen molar-refractivity contribution in [3.05, 3.63) is 40.8 Å². The maximum absolute atomic E-state index is 12.3. The Morgan fingerprint density at radius 2 is 2.05 bits per heavy atom. The van der Waals surface area contributed by atoms with Crippen molar-refractivity contribution in [2.45, 2.75) is 25.8 Å². The highest BCUT2D eigenvalue weighted by atomic mass is 32.1. The minimum Gasteiger partial charge on any atom is -0.480 e. The first-order valence-electron chi connectivity index (χ1n) is 6.24. The van der Waals surface area contributed by atoms with Crippen LogP contribution in [0, 0.1) is 0 Å². The van der Waals surface area contributed by atoms with Crippen molar-refractivity contribution in [3.63, 3.8) is 0 Å². The third-order valence-electron chi connectivity index (χ3n) is 3.30. The molecule has 2 heterocycles. The number of carboxylic acid groups (broad SMARTS) is 1. The minimum atomic E-state index is -1.25. The van der Waals surface area contributed by atoms with Gasteiger partial charge in [-0.15, -0.1) is 11.3 Å². The number of amides is 1. The molecule has 0 aliphatic rings. The summed E-state index contributed by atoms with van der Waals surface area (Å²) in [5.41, 5.74) is -0.504. The quantitative estimate of drug-likeness (QED) is 0.889. The molecule has 0 aromatic carbocycles. The summed E-state index contributed by atoms with van der Waals surface area (Å²) >= 11 is 1.29. The Hall–Kier alpha value is -2.08. The molecular weight excluding hydrogens is 276 g/mol. The maximum atomic E-state index is 12.3. The molecule has 1 amide bonds. The maximum Gasteiger partial charge on any atom is 0.329 e. The predicted octanol–water partition coefficient (Wildman–Crippen LogP) is 2.52. The molecule has 2 aromatic rings. The van der Waals surface area contributed by atoms with Crippen LogP contribution >= 0.6 is 11.3 Å². The second-order valence-corrected chi connectivity index (χ2v) is 5.59. The zero-order chi connectivity index (χ0) is 14.8. The van der Waals surface area contributed by atoms with Crippen LogP contribution in [0.5, 0.6) is 0 Å². The number of rotatable bonds is 5. The Bertz CT molecular complexity index is 618. The fourth-order valence-electron chi connectivity index (χ4n) is 1.77. The van der Waals surface area contributed by atoms with Crippen LogP contribution in [0.1, 0.15) is 29.9 Å². The van der Waals surface area contributed by atoms with Crippen molar-refractivity contribution in [1.82, 2.24) is 9.88 Å². The molecule has 2 N–H and O–H groups in total. The van der Waals surface area contributed by atoms with Gasteiger partial charge in [-0.05, 0) is 36.9 Å². The molecule has 20 heavy (non-hydrogen) atoms. The van der Waals surface area contributed by atoms with Gasteiger partial charge in [0.05, 0.1) is 5.69 Å². The van der Waals surface area contributed by atoms with E-state index in [9.17, 15) is 14.7 Å². The SMILES string of the molecule is CCC(C)(NC(=O)c1sccc1-n1cccc1)C(=O)O. The van der Waals surface area contributed by atoms with Crippen molar-refractivity contribution in [2.24, 2.45) is 0 Å². The molecule has 6 heteroatoms. The first-order valence-corrected chi connectivity index (χ1v) is 7.12. The van der Waals surface area contributed by atoms with Gasteiger partial charge in [-0.25, -0.2) is 4.79 Å². The smallest absolute Gasteiger partial charge is 0.329 e. The van der Waals surface area contributed by atoms with E-state index < -0.39 is 11.5 Å². The molecule has 0 radical (unpaired) electrons. The first-order chi connectivity index (χ1) is 9.48. The van der Waals surface area contributed by atoms with Crippen molar-refractivity contribution in [2.75, 3.05) is 0 Å². The standard InChI is InChI=1S/C14H16N2O3S/c1-3-14(2,13(18)19)15-12(17)11-10(6-9-20-11)16-7-4-5-8-16/h4-9H,3H2,1-2H3,(H,15,17)(H,18,19). The molecule has 0 fully saturated rings. The molecule has 1 unspecified atom stereocenters. The van der Waals surface area contributed by atoms with Gasteiger partial charge < -0.3 is 15.0 Å². The van der Waals surface area contributed by atoms with Gasteiger partial charge in [-0.3, -0.25) is 4.79 Å². The Kier molecular flexibility index (Phi) is 3.94. The molecule has 0 saturated heterocycles. The van der Waals surface area contributed by atoms with E-state index in [4.69, 9.17) is 0 Å². The summed E-state index contributed by atoms with van der Waals surface area (Å²) in [6, 6.07) is 5.57. The lowest BCUT2D eigenvalue weighted by Gasteiger charge is -2.24. The van der Waals surface area contributed by atoms with Gasteiger partial charge in [0.15, 0.2) is 0 Å². The number of hydrogen-bond donors (Lipinski definition) is 2. The van der Waals surface area contributed by atoms with Gasteiger partial charge in [0.1, 0.15) is 10.4 Å². The van der Waals surface area contributed by atoms with Gasteiger partial charge >= 0.3 is 5.97 Å². The van der Waals surface area contributed by atoms with Crippen molar-refractivity contribution < 1.29 is 14.7 Å². The van der Waals surface area contributed by atoms with E-state index in [1.54, 1.807) is 6.92 Å². The number of aromatic nitrogens is 1. The molecular formula is C14H16N2O3S. The number of aliphatic carboxylic acids is 1. The number of carbonyl (C=O) groups is 2. The number of nitrogens with one attached hydrogen (secondary N) is 1. The van der Waals surface area contributed by atoms with Crippen LogP contribution in [-0.4, -0.2) is 27.1 Å². The van der Waals surface area contributed by atoms with Crippen LogP contribution in [0.4, 0.5) is 0 Å². The van der Waals surface area contributed by atoms with E-state index in [0.29, 0.717) is 11.3 Å². The van der Waals surface area contributed by atoms with Crippen LogP contribution in [-0.2, 0) is 4.79 Å². The first kappa shape index (κ1) is 14.3. The molecule has 5 nitrogen and oxygen atoms in total. The van der Waals surface area contributed by atoms with Gasteiger partial charge in [0.2, 0.25) is 0 Å². The Morgan fingerprint density at radius 3 is 2.60 bits per heavy atom. The Labute approximate surface area is 120 Å². The number of carbonyl (C=O) groups excluding carboxylic acids is 1. The molecule has 106 valence electrons. The monoisotopic (exact) mass is 292 g/mol. The molecule has 1 atom stereocenters. The summed E-state index contributed by atoms with van der Waals surface area (Å²) < 4.78 is 1.83. The minimum absolute atomic E-state index is 0.318. The van der Waals surface area contributed by atoms with Gasteiger partial charge in [0.25, 0.3) is 5.91 Å². The van der Waals surface area contributed by atoms with E-state index in [0.717, 1.165) is 5.69 Å². The lowest BCUT2D eigenvalue weighted by atomic mass is 9.99. The largest absolute Gasteiger partial charge is 0.480 e. The lowest BCUT2D eigenvalue weighted by molar-refractivity contribution is -0.143. The topological polar surface area (TPSA) is 71.3 Å². The third kappa shape index (κ3) is 2.60. The average Bonchev–Trinajstić information content (AvgIpc) is 3.08. The van der Waals surface area contributed by atoms with E-state index >= 15 is 0 Å². The molecule has 2 aromatic heterocycles. The second-order valence-electron chi connectivity index (χ2n) is 4.67. The molecule has 2 rings (SSSR count). The zero-order valence-electron chi connectivity index (χ0n) is 11.3. The van der Waals surface area contributed by atoms with Crippen LogP contribution < -0.4 is 5.32 Å². The number of nitrogens with zero attached hydrogens (tertiary/aromatic N) is 1. The molecule has 0 bridgehead atoms. The van der Waals surface area contributed by atoms with Crippen LogP contribution in [0.3, 0.4) is 0 Å². The van der Waals surface area contributed by atoms with Crippen LogP contribution in [0.25, 0.3) is 5.69 Å². The number of carboxylic acids is 1. The third-order valence-corrected chi connectivity index (χ3v) is 4.20. The molecule has 0 spiro atoms. The van der Waals surface area contributed by atoms with Crippen molar-refractivity contribution in [3.8, 4) is 5.69 Å². The molecule has 0 aliphatic heterocycles. The summed E-state index contributed by atoms with van der Waals surface area (Å²) in [4.78, 5) is 24.1. The van der Waals surface area contributed by atoms with Crippen molar-refractivity contribution >= 4 is 23.2 Å². The van der Waals surface area contributed by atoms with Crippen molar-refractivity contribution in [1.29, 1.82) is 0 Å². The van der Waals surface area contributed by atoms with Gasteiger partial charge in [0, 0.05) is 12.4 Å². The summed E-state index contributed by atoms with van der Waals surface area (Å²) in [6.45, 7) is 3.24. The average molecular weight is 292 g/mol. The van der Waals surface area contributed by atoms with Gasteiger partial charge in [-0.2, -0.15) is 0 Å². The Balaban J connectivity index is 2.27. The van der Waals surface area contributed by atoms with E-state index in [2.05, 4.69) is 5.32 Å². The summed E-state index contributed by atoms with van der Waals surface area (Å²) in [6.07, 6.45) is 4.00. The lowest BCUT2D eigenvalue weighted by Crippen LogP contribution is -2.51. The van der Waals surface area contributed by atoms with E-state index in [1.165, 1.54) is 18.3 Å². The fourth-order valence-corrected chi connectivity index (χ4v) is 2.56. The zero-order valence-corrected chi connectivity index (χ0v) is 12.1. The normalized spacial score (nSPS) is 13.7. The van der Waals surface area contributed by atoms with Crippen LogP contribution in [0.15, 0.2) is 36.0 Å². The second kappa shape index (κ2) is 5.50. The Morgan fingerprint density at radius 1 is 1.40 bits per heavy atom. The van der Waals surface area contributed by atoms with Crippen LogP contribution in [0.2, 0.25) is 0 Å². The summed E-state index contributed by atoms with van der Waals surface area (Å²) in [5.74, 6) is -1.40. The number of thiophene rings is 1. The highest BCUT2D eigenvalue weighted by molar-refractivity contribution is 7.12. The molecule has 0 aliphatic carbocycles. The fraction of sp³-hybridized carbons (Fsp3) is 0.286. The van der Waals surface area contributed by atoms with E-state index in [1.807, 2.05) is 40.5 Å². The highest BCUT2D eigenvalue weighted by Crippen LogP contribution is 2.22. The number of hydrogen-bond acceptors (Lipinski definition) is 3.